The van der Waals surface area contributed by atoms with Crippen LogP contribution in [0.15, 0.2) is 140 Å². The van der Waals surface area contributed by atoms with E-state index in [2.05, 4.69) is 16.0 Å². The molecule has 0 saturated heterocycles. The summed E-state index contributed by atoms with van der Waals surface area (Å²) >= 11 is 0. The van der Waals surface area contributed by atoms with Gasteiger partial charge in [-0.15, -0.1) is 0 Å². The summed E-state index contributed by atoms with van der Waals surface area (Å²) in [5.41, 5.74) is 5.64. The van der Waals surface area contributed by atoms with Crippen LogP contribution in [-0.2, 0) is 24.7 Å². The zero-order chi connectivity index (χ0) is 38.1. The van der Waals surface area contributed by atoms with Crippen LogP contribution in [0.5, 0.6) is 0 Å². The quantitative estimate of drug-likeness (QED) is 0.0833. The summed E-state index contributed by atoms with van der Waals surface area (Å²) in [6, 6.07) is 42.4. The van der Waals surface area contributed by atoms with Crippen molar-refractivity contribution in [3.8, 4) is 11.1 Å². The summed E-state index contributed by atoms with van der Waals surface area (Å²) in [6.07, 6.45) is -0.634. The average molecular weight is 724 g/mol. The minimum atomic E-state index is -1.27. The van der Waals surface area contributed by atoms with Gasteiger partial charge in [0.15, 0.2) is 0 Å². The molecular weight excluding hydrogens is 679 g/mol. The Hall–Kier alpha value is -6.22. The van der Waals surface area contributed by atoms with Crippen molar-refractivity contribution < 1.29 is 29.0 Å². The number of rotatable bonds is 15. The number of carboxylic acids is 1. The van der Waals surface area contributed by atoms with E-state index in [1.165, 1.54) is 0 Å². The highest BCUT2D eigenvalue weighted by Gasteiger charge is 2.38. The van der Waals surface area contributed by atoms with Gasteiger partial charge in [0.2, 0.25) is 11.8 Å². The summed E-state index contributed by atoms with van der Waals surface area (Å²) in [5.74, 6) is -2.87. The van der Waals surface area contributed by atoms with Crippen molar-refractivity contribution in [3.63, 3.8) is 0 Å². The molecule has 3 amide bonds. The summed E-state index contributed by atoms with van der Waals surface area (Å²) < 4.78 is 5.76. The van der Waals surface area contributed by atoms with Crippen LogP contribution in [0, 0.1) is 5.92 Å². The second-order valence-electron chi connectivity index (χ2n) is 13.7. The normalized spacial score (nSPS) is 13.7. The third-order valence-corrected chi connectivity index (χ3v) is 10.3. The molecule has 0 aliphatic heterocycles. The first-order valence-corrected chi connectivity index (χ1v) is 18.3. The Morgan fingerprint density at radius 2 is 1.15 bits per heavy atom. The van der Waals surface area contributed by atoms with Gasteiger partial charge in [0.05, 0.1) is 0 Å². The number of hydrogen-bond acceptors (Lipinski definition) is 5. The number of carbonyl (C=O) groups is 4. The summed E-state index contributed by atoms with van der Waals surface area (Å²) in [4.78, 5) is 53.5. The van der Waals surface area contributed by atoms with Gasteiger partial charge in [-0.2, -0.15) is 0 Å². The maximum atomic E-state index is 14.1. The monoisotopic (exact) mass is 723 g/mol. The number of benzene rings is 5. The first-order valence-electron chi connectivity index (χ1n) is 18.3. The van der Waals surface area contributed by atoms with E-state index in [-0.39, 0.29) is 37.2 Å². The number of alkyl carbamates (subject to hydrolysis) is 1. The molecule has 0 aromatic heterocycles. The van der Waals surface area contributed by atoms with Gasteiger partial charge in [-0.05, 0) is 51.3 Å². The second kappa shape index (κ2) is 17.1. The topological polar surface area (TPSA) is 134 Å². The zero-order valence-electron chi connectivity index (χ0n) is 30.4. The van der Waals surface area contributed by atoms with Gasteiger partial charge in [-0.25, -0.2) is 9.59 Å². The van der Waals surface area contributed by atoms with E-state index in [1.54, 1.807) is 6.92 Å². The highest BCUT2D eigenvalue weighted by atomic mass is 16.5. The Morgan fingerprint density at radius 1 is 0.685 bits per heavy atom. The molecule has 0 unspecified atom stereocenters. The molecular formula is C45H45N3O6. The molecule has 9 nitrogen and oxygen atoms in total. The molecule has 0 bridgehead atoms. The van der Waals surface area contributed by atoms with E-state index >= 15 is 0 Å². The van der Waals surface area contributed by atoms with E-state index in [1.807, 2.05) is 146 Å². The predicted octanol–water partition coefficient (Wildman–Crippen LogP) is 7.40. The number of amides is 3. The first-order chi connectivity index (χ1) is 26.2. The van der Waals surface area contributed by atoms with Crippen molar-refractivity contribution in [2.24, 2.45) is 5.92 Å². The average Bonchev–Trinajstić information content (AvgIpc) is 3.53. The molecule has 5 aromatic carbocycles. The van der Waals surface area contributed by atoms with Crippen LogP contribution in [-0.4, -0.2) is 47.7 Å². The standard InChI is InChI=1S/C45H45N3O6/c1-3-30(2)41(43(51)52)47-42(50)39(46-44(53)54-29-38-36-25-15-13-23-34(36)35-24-14-16-26-37(35)38)27-28-40(49)48-45(31-17-7-4-8-18-31,32-19-9-5-10-20-32)33-21-11-6-12-22-33/h4-26,30,38-39,41H,3,27-29H2,1-2H3,(H,46,53)(H,47,50)(H,48,49)(H,51,52)/t30-,39-,41-/m0/s1. The Kier molecular flexibility index (Phi) is 11.9. The fraction of sp³-hybridized carbons (Fsp3) is 0.244. The molecule has 276 valence electrons. The lowest BCUT2D eigenvalue weighted by Gasteiger charge is -2.37. The molecule has 1 aliphatic carbocycles. The zero-order valence-corrected chi connectivity index (χ0v) is 30.4. The van der Waals surface area contributed by atoms with Gasteiger partial charge >= 0.3 is 12.1 Å². The highest BCUT2D eigenvalue weighted by Crippen LogP contribution is 2.44. The summed E-state index contributed by atoms with van der Waals surface area (Å²) in [5, 5.41) is 18.5. The summed E-state index contributed by atoms with van der Waals surface area (Å²) in [6.45, 7) is 3.59. The van der Waals surface area contributed by atoms with Crippen LogP contribution < -0.4 is 16.0 Å². The maximum absolute atomic E-state index is 14.1. The Bertz CT molecular complexity index is 1930. The van der Waals surface area contributed by atoms with Crippen molar-refractivity contribution in [1.29, 1.82) is 0 Å². The van der Waals surface area contributed by atoms with Gasteiger partial charge in [-0.1, -0.05) is 160 Å². The van der Waals surface area contributed by atoms with Crippen LogP contribution in [0.4, 0.5) is 4.79 Å². The molecule has 0 saturated carbocycles. The van der Waals surface area contributed by atoms with E-state index in [0.717, 1.165) is 38.9 Å². The molecule has 0 spiro atoms. The Morgan fingerprint density at radius 3 is 1.61 bits per heavy atom. The lowest BCUT2D eigenvalue weighted by atomic mass is 9.77. The van der Waals surface area contributed by atoms with Crippen molar-refractivity contribution in [3.05, 3.63) is 167 Å². The van der Waals surface area contributed by atoms with Crippen LogP contribution in [0.2, 0.25) is 0 Å². The third-order valence-electron chi connectivity index (χ3n) is 10.3. The van der Waals surface area contributed by atoms with Crippen LogP contribution in [0.3, 0.4) is 0 Å². The SMILES string of the molecule is CC[C@H](C)[C@H](NC(=O)[C@H](CCC(=O)NC(c1ccccc1)(c1ccccc1)c1ccccc1)NC(=O)OCC1c2ccccc2-c2ccccc21)C(=O)O. The van der Waals surface area contributed by atoms with E-state index < -0.39 is 35.6 Å². The molecule has 6 rings (SSSR count). The van der Waals surface area contributed by atoms with Crippen LogP contribution in [0.1, 0.15) is 66.8 Å². The third kappa shape index (κ3) is 8.05. The number of carboxylic acid groups (broad SMARTS) is 1. The van der Waals surface area contributed by atoms with Gasteiger partial charge in [0, 0.05) is 12.3 Å². The van der Waals surface area contributed by atoms with Gasteiger partial charge < -0.3 is 25.8 Å². The number of hydrogen-bond donors (Lipinski definition) is 4. The second-order valence-corrected chi connectivity index (χ2v) is 13.7. The minimum Gasteiger partial charge on any atom is -0.480 e. The lowest BCUT2D eigenvalue weighted by Crippen LogP contribution is -2.54. The van der Waals surface area contributed by atoms with E-state index in [0.29, 0.717) is 6.42 Å². The van der Waals surface area contributed by atoms with Gasteiger partial charge in [0.1, 0.15) is 24.2 Å². The predicted molar refractivity (Wildman–Crippen MR) is 208 cm³/mol. The molecule has 0 heterocycles. The smallest absolute Gasteiger partial charge is 0.407 e. The van der Waals surface area contributed by atoms with Crippen molar-refractivity contribution in [1.82, 2.24) is 16.0 Å². The molecule has 0 radical (unpaired) electrons. The van der Waals surface area contributed by atoms with Crippen LogP contribution in [0.25, 0.3) is 11.1 Å². The van der Waals surface area contributed by atoms with Gasteiger partial charge in [-0.3, -0.25) is 9.59 Å². The Labute approximate surface area is 315 Å². The van der Waals surface area contributed by atoms with Crippen LogP contribution >= 0.6 is 0 Å². The largest absolute Gasteiger partial charge is 0.480 e. The number of ether oxygens (including phenoxy) is 1. The Balaban J connectivity index is 1.23. The molecule has 3 atom stereocenters. The molecule has 54 heavy (non-hydrogen) atoms. The number of fused-ring (bicyclic) bond motifs is 3. The first kappa shape index (κ1) is 37.5. The lowest BCUT2D eigenvalue weighted by molar-refractivity contribution is -0.143. The fourth-order valence-electron chi connectivity index (χ4n) is 7.32. The number of carbonyl (C=O) groups excluding carboxylic acids is 3. The molecule has 4 N–H and O–H groups in total. The summed E-state index contributed by atoms with van der Waals surface area (Å²) in [7, 11) is 0. The van der Waals surface area contributed by atoms with E-state index in [9.17, 15) is 24.3 Å². The highest BCUT2D eigenvalue weighted by molar-refractivity contribution is 5.90. The van der Waals surface area contributed by atoms with Crippen molar-refractivity contribution in [2.45, 2.75) is 56.7 Å². The van der Waals surface area contributed by atoms with Gasteiger partial charge in [0.25, 0.3) is 0 Å². The van der Waals surface area contributed by atoms with Crippen molar-refractivity contribution in [2.75, 3.05) is 6.61 Å². The molecule has 0 fully saturated rings. The molecule has 9 heteroatoms. The number of nitrogens with one attached hydrogen (secondary N) is 3. The van der Waals surface area contributed by atoms with E-state index in [4.69, 9.17) is 4.74 Å². The maximum Gasteiger partial charge on any atom is 0.407 e. The van der Waals surface area contributed by atoms with Crippen molar-refractivity contribution >= 4 is 23.9 Å². The fourth-order valence-corrected chi connectivity index (χ4v) is 7.32. The number of aliphatic carboxylic acids is 1. The molecule has 5 aromatic rings. The minimum absolute atomic E-state index is 0.0209. The molecule has 1 aliphatic rings.